The van der Waals surface area contributed by atoms with Crippen LogP contribution in [0.1, 0.15) is 34.3 Å². The number of carbonyl (C=O) groups excluding carboxylic acids is 1. The van der Waals surface area contributed by atoms with E-state index in [-0.39, 0.29) is 11.6 Å². The minimum atomic E-state index is -4.55. The topological polar surface area (TPSA) is 32.3 Å². The Morgan fingerprint density at radius 2 is 1.70 bits per heavy atom. The van der Waals surface area contributed by atoms with Gasteiger partial charge in [0.2, 0.25) is 0 Å². The summed E-state index contributed by atoms with van der Waals surface area (Å²) in [7, 11) is 0. The zero-order chi connectivity index (χ0) is 19.4. The number of alkyl halides is 3. The van der Waals surface area contributed by atoms with E-state index in [0.717, 1.165) is 31.3 Å². The summed E-state index contributed by atoms with van der Waals surface area (Å²) in [6.07, 6.45) is -3.14. The zero-order valence-electron chi connectivity index (χ0n) is 14.6. The van der Waals surface area contributed by atoms with Crippen molar-refractivity contribution in [2.75, 3.05) is 13.1 Å². The van der Waals surface area contributed by atoms with E-state index in [1.807, 2.05) is 24.3 Å². The average Bonchev–Trinajstić information content (AvgIpc) is 2.64. The second kappa shape index (κ2) is 8.31. The standard InChI is InChI=1S/C20H20ClF3N2O/c21-15-7-5-14(6-8-15)13-26-11-9-16(10-12-26)25-19(27)17-3-1-2-4-18(17)20(22,23)24/h1-8,16H,9-13H2,(H,25,27). The highest BCUT2D eigenvalue weighted by Crippen LogP contribution is 2.32. The van der Waals surface area contributed by atoms with E-state index in [1.165, 1.54) is 18.2 Å². The van der Waals surface area contributed by atoms with Crippen molar-refractivity contribution in [3.63, 3.8) is 0 Å². The predicted octanol–water partition coefficient (Wildman–Crippen LogP) is 4.75. The molecule has 144 valence electrons. The van der Waals surface area contributed by atoms with Gasteiger partial charge in [0.05, 0.1) is 11.1 Å². The average molecular weight is 397 g/mol. The molecule has 0 atom stereocenters. The number of piperidine rings is 1. The van der Waals surface area contributed by atoms with Gasteiger partial charge in [-0.1, -0.05) is 35.9 Å². The van der Waals surface area contributed by atoms with Crippen molar-refractivity contribution in [2.24, 2.45) is 0 Å². The maximum atomic E-state index is 13.1. The molecule has 1 amide bonds. The second-order valence-electron chi connectivity index (χ2n) is 6.69. The molecule has 1 aliphatic heterocycles. The molecule has 1 aliphatic rings. The molecule has 0 bridgehead atoms. The van der Waals surface area contributed by atoms with Gasteiger partial charge in [0.15, 0.2) is 0 Å². The molecule has 3 rings (SSSR count). The Kier molecular flexibility index (Phi) is 6.07. The molecule has 2 aromatic carbocycles. The lowest BCUT2D eigenvalue weighted by molar-refractivity contribution is -0.137. The van der Waals surface area contributed by atoms with Crippen LogP contribution in [0, 0.1) is 0 Å². The Morgan fingerprint density at radius 1 is 1.07 bits per heavy atom. The Hall–Kier alpha value is -2.05. The molecule has 0 saturated carbocycles. The number of halogens is 4. The van der Waals surface area contributed by atoms with Gasteiger partial charge >= 0.3 is 6.18 Å². The van der Waals surface area contributed by atoms with Crippen LogP contribution in [0.3, 0.4) is 0 Å². The third-order valence-electron chi connectivity index (χ3n) is 4.72. The van der Waals surface area contributed by atoms with Gasteiger partial charge in [-0.2, -0.15) is 13.2 Å². The van der Waals surface area contributed by atoms with Gasteiger partial charge in [0.25, 0.3) is 5.91 Å². The third-order valence-corrected chi connectivity index (χ3v) is 4.97. The number of nitrogens with one attached hydrogen (secondary N) is 1. The van der Waals surface area contributed by atoms with E-state index in [1.54, 1.807) is 0 Å². The number of likely N-dealkylation sites (tertiary alicyclic amines) is 1. The fourth-order valence-electron chi connectivity index (χ4n) is 3.27. The van der Waals surface area contributed by atoms with Crippen molar-refractivity contribution in [3.8, 4) is 0 Å². The highest BCUT2D eigenvalue weighted by molar-refractivity contribution is 6.30. The first-order valence-electron chi connectivity index (χ1n) is 8.77. The smallest absolute Gasteiger partial charge is 0.349 e. The van der Waals surface area contributed by atoms with Gasteiger partial charge in [-0.25, -0.2) is 0 Å². The lowest BCUT2D eigenvalue weighted by Crippen LogP contribution is -2.44. The highest BCUT2D eigenvalue weighted by atomic mass is 35.5. The normalized spacial score (nSPS) is 16.3. The molecule has 0 unspecified atom stereocenters. The highest BCUT2D eigenvalue weighted by Gasteiger charge is 2.35. The van der Waals surface area contributed by atoms with Gasteiger partial charge in [-0.05, 0) is 42.7 Å². The van der Waals surface area contributed by atoms with Crippen molar-refractivity contribution in [1.29, 1.82) is 0 Å². The fourth-order valence-corrected chi connectivity index (χ4v) is 3.40. The summed E-state index contributed by atoms with van der Waals surface area (Å²) < 4.78 is 39.2. The molecule has 3 nitrogen and oxygen atoms in total. The summed E-state index contributed by atoms with van der Waals surface area (Å²) in [4.78, 5) is 14.6. The van der Waals surface area contributed by atoms with E-state index in [9.17, 15) is 18.0 Å². The molecule has 0 radical (unpaired) electrons. The minimum Gasteiger partial charge on any atom is -0.349 e. The Labute approximate surface area is 161 Å². The monoisotopic (exact) mass is 396 g/mol. The van der Waals surface area contributed by atoms with Crippen LogP contribution in [0.15, 0.2) is 48.5 Å². The molecule has 1 saturated heterocycles. The quantitative estimate of drug-likeness (QED) is 0.808. The number of amides is 1. The molecule has 1 heterocycles. The summed E-state index contributed by atoms with van der Waals surface area (Å²) in [5.41, 5.74) is -0.0720. The van der Waals surface area contributed by atoms with Crippen LogP contribution in [-0.2, 0) is 12.7 Å². The van der Waals surface area contributed by atoms with Gasteiger partial charge in [0.1, 0.15) is 0 Å². The van der Waals surface area contributed by atoms with E-state index in [4.69, 9.17) is 11.6 Å². The van der Waals surface area contributed by atoms with Gasteiger partial charge in [-0.3, -0.25) is 9.69 Å². The SMILES string of the molecule is O=C(NC1CCN(Cc2ccc(Cl)cc2)CC1)c1ccccc1C(F)(F)F. The van der Waals surface area contributed by atoms with Crippen molar-refractivity contribution < 1.29 is 18.0 Å². The third kappa shape index (κ3) is 5.23. The molecule has 0 aromatic heterocycles. The molecule has 0 spiro atoms. The van der Waals surface area contributed by atoms with Crippen LogP contribution in [0.2, 0.25) is 5.02 Å². The van der Waals surface area contributed by atoms with Gasteiger partial charge in [0, 0.05) is 30.7 Å². The van der Waals surface area contributed by atoms with Crippen LogP contribution in [0.4, 0.5) is 13.2 Å². The molecule has 0 aliphatic carbocycles. The molecule has 1 fully saturated rings. The maximum Gasteiger partial charge on any atom is 0.417 e. The molecule has 7 heteroatoms. The van der Waals surface area contributed by atoms with Crippen molar-refractivity contribution in [2.45, 2.75) is 31.6 Å². The summed E-state index contributed by atoms with van der Waals surface area (Å²) in [5.74, 6) is -0.668. The van der Waals surface area contributed by atoms with E-state index < -0.39 is 17.6 Å². The van der Waals surface area contributed by atoms with E-state index >= 15 is 0 Å². The van der Waals surface area contributed by atoms with Crippen LogP contribution in [0.25, 0.3) is 0 Å². The van der Waals surface area contributed by atoms with Crippen molar-refractivity contribution in [3.05, 3.63) is 70.2 Å². The zero-order valence-corrected chi connectivity index (χ0v) is 15.4. The number of benzene rings is 2. The van der Waals surface area contributed by atoms with Crippen LogP contribution in [0.5, 0.6) is 0 Å². The van der Waals surface area contributed by atoms with E-state index in [2.05, 4.69) is 10.2 Å². The number of rotatable bonds is 4. The first-order chi connectivity index (χ1) is 12.8. The summed E-state index contributed by atoms with van der Waals surface area (Å²) >= 11 is 5.89. The maximum absolute atomic E-state index is 13.1. The summed E-state index contributed by atoms with van der Waals surface area (Å²) in [6.45, 7) is 2.33. The first kappa shape index (κ1) is 19.7. The van der Waals surface area contributed by atoms with E-state index in [0.29, 0.717) is 17.9 Å². The second-order valence-corrected chi connectivity index (χ2v) is 7.13. The number of hydrogen-bond donors (Lipinski definition) is 1. The number of nitrogens with zero attached hydrogens (tertiary/aromatic N) is 1. The van der Waals surface area contributed by atoms with Crippen LogP contribution < -0.4 is 5.32 Å². The molecular weight excluding hydrogens is 377 g/mol. The lowest BCUT2D eigenvalue weighted by Gasteiger charge is -2.32. The minimum absolute atomic E-state index is 0.125. The largest absolute Gasteiger partial charge is 0.417 e. The number of carbonyl (C=O) groups is 1. The molecule has 1 N–H and O–H groups in total. The summed E-state index contributed by atoms with van der Waals surface area (Å²) in [6, 6.07) is 12.4. The predicted molar refractivity (Wildman–Crippen MR) is 98.7 cm³/mol. The van der Waals surface area contributed by atoms with Crippen LogP contribution >= 0.6 is 11.6 Å². The van der Waals surface area contributed by atoms with Crippen LogP contribution in [-0.4, -0.2) is 29.9 Å². The Morgan fingerprint density at radius 3 is 2.33 bits per heavy atom. The van der Waals surface area contributed by atoms with Gasteiger partial charge in [-0.15, -0.1) is 0 Å². The van der Waals surface area contributed by atoms with Crippen molar-refractivity contribution >= 4 is 17.5 Å². The first-order valence-corrected chi connectivity index (χ1v) is 9.14. The van der Waals surface area contributed by atoms with Gasteiger partial charge < -0.3 is 5.32 Å². The fraction of sp³-hybridized carbons (Fsp3) is 0.350. The molecule has 2 aromatic rings. The molecule has 27 heavy (non-hydrogen) atoms. The van der Waals surface area contributed by atoms with Crippen molar-refractivity contribution in [1.82, 2.24) is 10.2 Å². The Bertz CT molecular complexity index is 785. The lowest BCUT2D eigenvalue weighted by atomic mass is 10.0. The Balaban J connectivity index is 1.55. The molecular formula is C20H20ClF3N2O. The number of hydrogen-bond acceptors (Lipinski definition) is 2. The summed E-state index contributed by atoms with van der Waals surface area (Å²) in [5, 5.41) is 3.45.